The molecule has 0 saturated carbocycles. The summed E-state index contributed by atoms with van der Waals surface area (Å²) in [5, 5.41) is 7.09. The number of amides is 1. The van der Waals surface area contributed by atoms with Gasteiger partial charge in [0, 0.05) is 12.2 Å². The molecule has 0 aliphatic carbocycles. The number of benzene rings is 3. The summed E-state index contributed by atoms with van der Waals surface area (Å²) in [5.74, 6) is -2.82. The van der Waals surface area contributed by atoms with Crippen LogP contribution >= 0.6 is 11.6 Å². The van der Waals surface area contributed by atoms with Crippen LogP contribution in [0.15, 0.2) is 71.5 Å². The Morgan fingerprint density at radius 3 is 2.38 bits per heavy atom. The molecule has 0 unspecified atom stereocenters. The van der Waals surface area contributed by atoms with Gasteiger partial charge in [-0.05, 0) is 52.7 Å². The number of nitrogens with zero attached hydrogens (tertiary/aromatic N) is 5. The molecule has 0 N–H and O–H groups in total. The molecule has 0 atom stereocenters. The molecule has 4 rings (SSSR count). The van der Waals surface area contributed by atoms with Crippen LogP contribution in [0, 0.1) is 11.6 Å². The molecular weight excluding hydrogens is 508 g/mol. The maximum atomic E-state index is 14.2. The number of esters is 1. The van der Waals surface area contributed by atoms with Crippen LogP contribution in [0.4, 0.5) is 19.3 Å². The highest BCUT2D eigenvalue weighted by atomic mass is 35.5. The zero-order valence-electron chi connectivity index (χ0n) is 19.5. The summed E-state index contributed by atoms with van der Waals surface area (Å²) in [7, 11) is 0. The normalized spacial score (nSPS) is 10.8. The summed E-state index contributed by atoms with van der Waals surface area (Å²) in [5.41, 5.74) is -0.926. The molecule has 0 aliphatic heterocycles. The molecule has 1 heterocycles. The van der Waals surface area contributed by atoms with Crippen molar-refractivity contribution >= 4 is 29.3 Å². The third kappa shape index (κ3) is 5.41. The average molecular weight is 528 g/mol. The minimum Gasteiger partial charge on any atom is -0.457 e. The van der Waals surface area contributed by atoms with Gasteiger partial charge in [-0.1, -0.05) is 54.9 Å². The van der Waals surface area contributed by atoms with Crippen LogP contribution in [-0.4, -0.2) is 38.3 Å². The molecule has 0 bridgehead atoms. The Morgan fingerprint density at radius 2 is 1.70 bits per heavy atom. The van der Waals surface area contributed by atoms with E-state index in [0.717, 1.165) is 23.8 Å². The van der Waals surface area contributed by atoms with Gasteiger partial charge in [0.15, 0.2) is 11.6 Å². The van der Waals surface area contributed by atoms with Crippen LogP contribution in [-0.2, 0) is 11.3 Å². The standard InChI is InChI=1S/C25H20ClF2N5O4/c1-2-13-31(24(35)33-25(36)32(29-30-33)22-20(27)9-6-10-21(22)28)17-11-12-19(26)18(14-17)23(34)37-15-16-7-4-3-5-8-16/h3-12,14H,2,13,15H2,1H3. The van der Waals surface area contributed by atoms with E-state index in [4.69, 9.17) is 16.3 Å². The number of halogens is 3. The Balaban J connectivity index is 1.64. The van der Waals surface area contributed by atoms with Crippen molar-refractivity contribution < 1.29 is 23.1 Å². The lowest BCUT2D eigenvalue weighted by molar-refractivity contribution is 0.0473. The molecular formula is C25H20ClF2N5O4. The van der Waals surface area contributed by atoms with Gasteiger partial charge in [-0.15, -0.1) is 4.68 Å². The molecule has 0 spiro atoms. The smallest absolute Gasteiger partial charge is 0.377 e. The summed E-state index contributed by atoms with van der Waals surface area (Å²) in [6, 6.07) is 15.4. The van der Waals surface area contributed by atoms with Crippen molar-refractivity contribution in [3.63, 3.8) is 0 Å². The number of carbonyl (C=O) groups excluding carboxylic acids is 2. The van der Waals surface area contributed by atoms with Crippen LogP contribution in [0.25, 0.3) is 5.69 Å². The second kappa shape index (κ2) is 11.1. The SMILES string of the molecule is CCCN(C(=O)n1nnn(-c2c(F)cccc2F)c1=O)c1ccc(Cl)c(C(=O)OCc2ccccc2)c1. The second-order valence-electron chi connectivity index (χ2n) is 7.82. The molecule has 4 aromatic rings. The Labute approximate surface area is 214 Å². The lowest BCUT2D eigenvalue weighted by Gasteiger charge is -2.22. The first-order valence-corrected chi connectivity index (χ1v) is 11.5. The lowest BCUT2D eigenvalue weighted by atomic mass is 10.1. The number of para-hydroxylation sites is 1. The van der Waals surface area contributed by atoms with Crippen LogP contribution in [0.3, 0.4) is 0 Å². The monoisotopic (exact) mass is 527 g/mol. The Morgan fingerprint density at radius 1 is 1.00 bits per heavy atom. The van der Waals surface area contributed by atoms with Crippen LogP contribution in [0.5, 0.6) is 0 Å². The van der Waals surface area contributed by atoms with Gasteiger partial charge in [0.1, 0.15) is 12.3 Å². The fraction of sp³-hybridized carbons (Fsp3) is 0.160. The molecule has 12 heteroatoms. The molecule has 37 heavy (non-hydrogen) atoms. The van der Waals surface area contributed by atoms with Gasteiger partial charge in [-0.3, -0.25) is 4.90 Å². The predicted molar refractivity (Wildman–Crippen MR) is 131 cm³/mol. The first-order chi connectivity index (χ1) is 17.8. The molecule has 0 aliphatic rings. The van der Waals surface area contributed by atoms with Crippen LogP contribution < -0.4 is 10.6 Å². The largest absolute Gasteiger partial charge is 0.457 e. The topological polar surface area (TPSA) is 99.3 Å². The van der Waals surface area contributed by atoms with E-state index in [-0.39, 0.29) is 29.4 Å². The Bertz CT molecular complexity index is 1490. The summed E-state index contributed by atoms with van der Waals surface area (Å²) in [6.45, 7) is 1.93. The predicted octanol–water partition coefficient (Wildman–Crippen LogP) is 4.60. The highest BCUT2D eigenvalue weighted by Gasteiger charge is 2.26. The maximum Gasteiger partial charge on any atom is 0.377 e. The summed E-state index contributed by atoms with van der Waals surface area (Å²) < 4.78 is 34.4. The molecule has 1 amide bonds. The van der Waals surface area contributed by atoms with E-state index in [2.05, 4.69) is 10.4 Å². The summed E-state index contributed by atoms with van der Waals surface area (Å²) in [4.78, 5) is 40.0. The van der Waals surface area contributed by atoms with Crippen molar-refractivity contribution in [3.8, 4) is 5.69 Å². The number of carbonyl (C=O) groups is 2. The number of ether oxygens (including phenoxy) is 1. The first kappa shape index (κ1) is 25.7. The van der Waals surface area contributed by atoms with Gasteiger partial charge < -0.3 is 4.74 Å². The van der Waals surface area contributed by atoms with Crippen molar-refractivity contribution in [3.05, 3.63) is 105 Å². The van der Waals surface area contributed by atoms with E-state index < -0.39 is 35.0 Å². The van der Waals surface area contributed by atoms with Crippen molar-refractivity contribution in [2.45, 2.75) is 20.0 Å². The van der Waals surface area contributed by atoms with E-state index in [1.807, 2.05) is 18.2 Å². The highest BCUT2D eigenvalue weighted by molar-refractivity contribution is 6.33. The number of tetrazole rings is 1. The first-order valence-electron chi connectivity index (χ1n) is 11.1. The van der Waals surface area contributed by atoms with Gasteiger partial charge in [0.25, 0.3) is 0 Å². The number of rotatable bonds is 7. The van der Waals surface area contributed by atoms with E-state index in [0.29, 0.717) is 15.8 Å². The van der Waals surface area contributed by atoms with E-state index >= 15 is 0 Å². The molecule has 190 valence electrons. The fourth-order valence-corrected chi connectivity index (χ4v) is 3.70. The maximum absolute atomic E-state index is 14.2. The third-order valence-corrected chi connectivity index (χ3v) is 5.61. The zero-order chi connectivity index (χ0) is 26.5. The third-order valence-electron chi connectivity index (χ3n) is 5.28. The Hall–Kier alpha value is -4.38. The van der Waals surface area contributed by atoms with Gasteiger partial charge in [-0.25, -0.2) is 23.2 Å². The van der Waals surface area contributed by atoms with Crippen LogP contribution in [0.1, 0.15) is 29.3 Å². The molecule has 0 fully saturated rings. The van der Waals surface area contributed by atoms with Crippen molar-refractivity contribution in [2.24, 2.45) is 0 Å². The second-order valence-corrected chi connectivity index (χ2v) is 8.22. The average Bonchev–Trinajstić information content (AvgIpc) is 3.27. The van der Waals surface area contributed by atoms with E-state index in [1.54, 1.807) is 19.1 Å². The number of anilines is 1. The van der Waals surface area contributed by atoms with Gasteiger partial charge >= 0.3 is 17.7 Å². The van der Waals surface area contributed by atoms with Crippen molar-refractivity contribution in [1.82, 2.24) is 19.8 Å². The molecule has 0 radical (unpaired) electrons. The quantitative estimate of drug-likeness (QED) is 0.257. The van der Waals surface area contributed by atoms with Crippen molar-refractivity contribution in [1.29, 1.82) is 0 Å². The summed E-state index contributed by atoms with van der Waals surface area (Å²) in [6.07, 6.45) is 0.465. The molecule has 1 aromatic heterocycles. The molecule has 0 saturated heterocycles. The number of aromatic nitrogens is 4. The van der Waals surface area contributed by atoms with E-state index in [9.17, 15) is 23.2 Å². The molecule has 3 aromatic carbocycles. The number of hydrogen-bond donors (Lipinski definition) is 0. The van der Waals surface area contributed by atoms with Gasteiger partial charge in [0.05, 0.1) is 10.6 Å². The summed E-state index contributed by atoms with van der Waals surface area (Å²) >= 11 is 6.22. The molecule has 9 nitrogen and oxygen atoms in total. The van der Waals surface area contributed by atoms with Crippen molar-refractivity contribution in [2.75, 3.05) is 11.4 Å². The van der Waals surface area contributed by atoms with E-state index in [1.165, 1.54) is 23.1 Å². The minimum absolute atomic E-state index is 0.00781. The Kier molecular flexibility index (Phi) is 7.73. The zero-order valence-corrected chi connectivity index (χ0v) is 20.2. The van der Waals surface area contributed by atoms with Gasteiger partial charge in [-0.2, -0.15) is 4.68 Å². The fourth-order valence-electron chi connectivity index (χ4n) is 3.51. The minimum atomic E-state index is -1.17. The highest BCUT2D eigenvalue weighted by Crippen LogP contribution is 2.25. The number of hydrogen-bond acceptors (Lipinski definition) is 6. The van der Waals surface area contributed by atoms with Crippen LogP contribution in [0.2, 0.25) is 5.02 Å². The lowest BCUT2D eigenvalue weighted by Crippen LogP contribution is -2.41. The van der Waals surface area contributed by atoms with Gasteiger partial charge in [0.2, 0.25) is 0 Å².